The fourth-order valence-electron chi connectivity index (χ4n) is 1.79. The van der Waals surface area contributed by atoms with Gasteiger partial charge in [0.15, 0.2) is 5.82 Å². The molecule has 0 fully saturated rings. The number of hydrogen-bond donors (Lipinski definition) is 2. The molecule has 7 heteroatoms. The molecule has 0 bridgehead atoms. The third kappa shape index (κ3) is 3.61. The second-order valence-electron chi connectivity index (χ2n) is 4.77. The Labute approximate surface area is 117 Å². The molecule has 2 rings (SSSR count). The Balaban J connectivity index is 2.07. The molecule has 1 atom stereocenters. The van der Waals surface area contributed by atoms with E-state index in [9.17, 15) is 4.79 Å². The van der Waals surface area contributed by atoms with E-state index in [1.54, 1.807) is 11.7 Å². The number of aryl methyl sites for hydroxylation is 1. The van der Waals surface area contributed by atoms with Gasteiger partial charge in [0, 0.05) is 30.8 Å². The maximum atomic E-state index is 11.8. The van der Waals surface area contributed by atoms with Gasteiger partial charge >= 0.3 is 0 Å². The zero-order valence-corrected chi connectivity index (χ0v) is 11.6. The van der Waals surface area contributed by atoms with E-state index in [4.69, 9.17) is 5.73 Å². The van der Waals surface area contributed by atoms with Gasteiger partial charge in [0.1, 0.15) is 0 Å². The molecule has 2 aromatic rings. The van der Waals surface area contributed by atoms with E-state index in [1.165, 1.54) is 0 Å². The monoisotopic (exact) mass is 274 g/mol. The third-order valence-corrected chi connectivity index (χ3v) is 2.85. The normalized spacial score (nSPS) is 12.2. The molecular formula is C13H18N6O. The van der Waals surface area contributed by atoms with Gasteiger partial charge in [0.2, 0.25) is 5.91 Å². The number of rotatable bonds is 5. The first-order valence-electron chi connectivity index (χ1n) is 6.44. The van der Waals surface area contributed by atoms with E-state index in [0.29, 0.717) is 18.7 Å². The number of nitrogens with two attached hydrogens (primary N) is 1. The van der Waals surface area contributed by atoms with Crippen LogP contribution in [0.25, 0.3) is 11.4 Å². The molecule has 106 valence electrons. The van der Waals surface area contributed by atoms with Crippen LogP contribution in [0.1, 0.15) is 19.8 Å². The summed E-state index contributed by atoms with van der Waals surface area (Å²) in [5.41, 5.74) is 7.21. The van der Waals surface area contributed by atoms with Crippen LogP contribution in [0, 0.1) is 0 Å². The van der Waals surface area contributed by atoms with Crippen molar-refractivity contribution >= 4 is 11.6 Å². The maximum Gasteiger partial charge on any atom is 0.224 e. The van der Waals surface area contributed by atoms with Crippen LogP contribution in [0.15, 0.2) is 24.3 Å². The van der Waals surface area contributed by atoms with E-state index in [2.05, 4.69) is 20.8 Å². The average molecular weight is 274 g/mol. The minimum atomic E-state index is -0.0458. The van der Waals surface area contributed by atoms with Crippen LogP contribution in [0.5, 0.6) is 0 Å². The second-order valence-corrected chi connectivity index (χ2v) is 4.77. The molecule has 1 aromatic heterocycles. The van der Waals surface area contributed by atoms with E-state index in [1.807, 2.05) is 31.2 Å². The summed E-state index contributed by atoms with van der Waals surface area (Å²) in [7, 11) is 1.77. The molecule has 1 heterocycles. The van der Waals surface area contributed by atoms with Crippen molar-refractivity contribution in [1.82, 2.24) is 20.2 Å². The minimum absolute atomic E-state index is 0.0248. The molecule has 0 saturated heterocycles. The highest BCUT2D eigenvalue weighted by Gasteiger charge is 2.08. The Bertz CT molecular complexity index is 592. The van der Waals surface area contributed by atoms with Gasteiger partial charge in [-0.25, -0.2) is 4.68 Å². The number of anilines is 1. The number of amides is 1. The second kappa shape index (κ2) is 6.25. The predicted octanol–water partition coefficient (Wildman–Crippen LogP) is 0.943. The molecule has 1 aromatic carbocycles. The lowest BCUT2D eigenvalue weighted by atomic mass is 10.1. The van der Waals surface area contributed by atoms with Crippen molar-refractivity contribution in [3.63, 3.8) is 0 Å². The fraction of sp³-hybridized carbons (Fsp3) is 0.385. The summed E-state index contributed by atoms with van der Waals surface area (Å²) in [5, 5.41) is 14.2. The molecule has 0 spiro atoms. The number of benzene rings is 1. The van der Waals surface area contributed by atoms with E-state index in [-0.39, 0.29) is 11.9 Å². The van der Waals surface area contributed by atoms with Crippen LogP contribution in [-0.2, 0) is 11.8 Å². The van der Waals surface area contributed by atoms with Gasteiger partial charge in [-0.1, -0.05) is 12.1 Å². The highest BCUT2D eigenvalue weighted by atomic mass is 16.1. The van der Waals surface area contributed by atoms with Crippen molar-refractivity contribution in [3.05, 3.63) is 24.3 Å². The highest BCUT2D eigenvalue weighted by Crippen LogP contribution is 2.19. The van der Waals surface area contributed by atoms with Crippen molar-refractivity contribution < 1.29 is 4.79 Å². The largest absolute Gasteiger partial charge is 0.328 e. The first kappa shape index (κ1) is 14.1. The molecule has 0 radical (unpaired) electrons. The van der Waals surface area contributed by atoms with Crippen LogP contribution in [0.3, 0.4) is 0 Å². The summed E-state index contributed by atoms with van der Waals surface area (Å²) < 4.78 is 1.58. The summed E-state index contributed by atoms with van der Waals surface area (Å²) in [6.45, 7) is 1.88. The molecule has 0 aliphatic rings. The van der Waals surface area contributed by atoms with Gasteiger partial charge < -0.3 is 11.1 Å². The Morgan fingerprint density at radius 1 is 1.50 bits per heavy atom. The van der Waals surface area contributed by atoms with Gasteiger partial charge in [0.05, 0.1) is 0 Å². The Hall–Kier alpha value is -2.28. The van der Waals surface area contributed by atoms with Crippen molar-refractivity contribution in [2.24, 2.45) is 12.8 Å². The number of tetrazole rings is 1. The van der Waals surface area contributed by atoms with Crippen molar-refractivity contribution in [3.8, 4) is 11.4 Å². The number of carbonyl (C=O) groups is 1. The zero-order chi connectivity index (χ0) is 14.5. The van der Waals surface area contributed by atoms with E-state index >= 15 is 0 Å². The highest BCUT2D eigenvalue weighted by molar-refractivity contribution is 5.91. The Morgan fingerprint density at radius 2 is 2.30 bits per heavy atom. The topological polar surface area (TPSA) is 98.7 Å². The number of aromatic nitrogens is 4. The SMILES string of the molecule is CC(N)CCC(=O)Nc1cccc(-c2nnnn2C)c1. The number of carbonyl (C=O) groups excluding carboxylic acids is 1. The van der Waals surface area contributed by atoms with Crippen molar-refractivity contribution in [1.29, 1.82) is 0 Å². The van der Waals surface area contributed by atoms with Crippen molar-refractivity contribution in [2.75, 3.05) is 5.32 Å². The van der Waals surface area contributed by atoms with Crippen molar-refractivity contribution in [2.45, 2.75) is 25.8 Å². The van der Waals surface area contributed by atoms with Crippen LogP contribution in [0.4, 0.5) is 5.69 Å². The van der Waals surface area contributed by atoms with E-state index in [0.717, 1.165) is 11.3 Å². The van der Waals surface area contributed by atoms with Gasteiger partial charge in [0.25, 0.3) is 0 Å². The fourth-order valence-corrected chi connectivity index (χ4v) is 1.79. The summed E-state index contributed by atoms with van der Waals surface area (Å²) in [5.74, 6) is 0.604. The summed E-state index contributed by atoms with van der Waals surface area (Å²) in [6, 6.07) is 7.44. The maximum absolute atomic E-state index is 11.8. The minimum Gasteiger partial charge on any atom is -0.328 e. The molecule has 1 unspecified atom stereocenters. The molecule has 7 nitrogen and oxygen atoms in total. The smallest absolute Gasteiger partial charge is 0.224 e. The van der Waals surface area contributed by atoms with Crippen LogP contribution in [0.2, 0.25) is 0 Å². The van der Waals surface area contributed by atoms with Gasteiger partial charge in [-0.15, -0.1) is 5.10 Å². The van der Waals surface area contributed by atoms with Gasteiger partial charge in [-0.05, 0) is 35.9 Å². The molecular weight excluding hydrogens is 256 g/mol. The van der Waals surface area contributed by atoms with Crippen LogP contribution >= 0.6 is 0 Å². The molecule has 3 N–H and O–H groups in total. The van der Waals surface area contributed by atoms with Crippen LogP contribution < -0.4 is 11.1 Å². The number of nitrogens with zero attached hydrogens (tertiary/aromatic N) is 4. The Kier molecular flexibility index (Phi) is 4.41. The number of nitrogens with one attached hydrogen (secondary N) is 1. The lowest BCUT2D eigenvalue weighted by Gasteiger charge is -2.08. The lowest BCUT2D eigenvalue weighted by molar-refractivity contribution is -0.116. The first-order valence-corrected chi connectivity index (χ1v) is 6.44. The molecule has 0 aliphatic heterocycles. The summed E-state index contributed by atoms with van der Waals surface area (Å²) in [6.07, 6.45) is 1.08. The summed E-state index contributed by atoms with van der Waals surface area (Å²) >= 11 is 0. The van der Waals surface area contributed by atoms with Gasteiger partial charge in [-0.3, -0.25) is 4.79 Å². The lowest BCUT2D eigenvalue weighted by Crippen LogP contribution is -2.19. The molecule has 20 heavy (non-hydrogen) atoms. The van der Waals surface area contributed by atoms with Crippen LogP contribution in [-0.4, -0.2) is 32.2 Å². The molecule has 0 aliphatic carbocycles. The van der Waals surface area contributed by atoms with E-state index < -0.39 is 0 Å². The standard InChI is InChI=1S/C13H18N6O/c1-9(14)6-7-12(20)15-11-5-3-4-10(8-11)13-16-17-18-19(13)2/h3-5,8-9H,6-7,14H2,1-2H3,(H,15,20). The summed E-state index contributed by atoms with van der Waals surface area (Å²) in [4.78, 5) is 11.8. The Morgan fingerprint density at radius 3 is 2.95 bits per heavy atom. The van der Waals surface area contributed by atoms with Gasteiger partial charge in [-0.2, -0.15) is 0 Å². The molecule has 1 amide bonds. The average Bonchev–Trinajstić information content (AvgIpc) is 2.83. The third-order valence-electron chi connectivity index (χ3n) is 2.85. The quantitative estimate of drug-likeness (QED) is 0.845. The molecule has 0 saturated carbocycles. The first-order chi connectivity index (χ1) is 9.56. The number of hydrogen-bond acceptors (Lipinski definition) is 5. The zero-order valence-electron chi connectivity index (χ0n) is 11.6. The predicted molar refractivity (Wildman–Crippen MR) is 75.7 cm³/mol.